The van der Waals surface area contributed by atoms with Crippen molar-refractivity contribution < 1.29 is 14.3 Å². The first-order valence-electron chi connectivity index (χ1n) is 12.0. The number of carboxylic acid groups (broad SMARTS) is 1. The van der Waals surface area contributed by atoms with Crippen LogP contribution < -0.4 is 0 Å². The molecule has 0 unspecified atom stereocenters. The van der Waals surface area contributed by atoms with Crippen LogP contribution in [0, 0.1) is 23.1 Å². The Balaban J connectivity index is 1.63. The molecule has 0 atom stereocenters. The summed E-state index contributed by atoms with van der Waals surface area (Å²) in [7, 11) is 0. The van der Waals surface area contributed by atoms with Crippen molar-refractivity contribution in [2.24, 2.45) is 5.92 Å². The van der Waals surface area contributed by atoms with Crippen molar-refractivity contribution >= 4 is 5.97 Å². The molecule has 0 aliphatic heterocycles. The molecule has 0 aromatic heterocycles. The maximum absolute atomic E-state index is 14.0. The minimum atomic E-state index is -0.827. The molecule has 0 bridgehead atoms. The first-order chi connectivity index (χ1) is 15.5. The number of hydrogen-bond donors (Lipinski definition) is 1. The summed E-state index contributed by atoms with van der Waals surface area (Å²) >= 11 is 0. The molecule has 2 aromatic rings. The van der Waals surface area contributed by atoms with Crippen LogP contribution >= 0.6 is 0 Å². The van der Waals surface area contributed by atoms with Gasteiger partial charge in [0, 0.05) is 0 Å². The fourth-order valence-electron chi connectivity index (χ4n) is 5.07. The fourth-order valence-corrected chi connectivity index (χ4v) is 5.07. The monoisotopic (exact) mass is 435 g/mol. The second-order valence-electron chi connectivity index (χ2n) is 9.27. The summed E-state index contributed by atoms with van der Waals surface area (Å²) in [5, 5.41) is 19.0. The number of rotatable bonds is 10. The fraction of sp³-hybridized carbons (Fsp3) is 0.500. The van der Waals surface area contributed by atoms with Gasteiger partial charge in [-0.05, 0) is 60.4 Å². The number of aliphatic carboxylic acids is 1. The Morgan fingerprint density at radius 2 is 1.66 bits per heavy atom. The van der Waals surface area contributed by atoms with Crippen LogP contribution in [0.25, 0.3) is 11.1 Å². The van der Waals surface area contributed by atoms with Gasteiger partial charge in [-0.1, -0.05) is 82.2 Å². The second kappa shape index (κ2) is 11.3. The van der Waals surface area contributed by atoms with Crippen molar-refractivity contribution in [3.8, 4) is 17.2 Å². The molecule has 0 amide bonds. The molecule has 1 saturated carbocycles. The van der Waals surface area contributed by atoms with Gasteiger partial charge in [0.05, 0.1) is 11.0 Å². The summed E-state index contributed by atoms with van der Waals surface area (Å²) in [6.07, 6.45) is 12.3. The standard InChI is InChI=1S/C28H34FNO2/c1-2-3-4-5-6-7-8-21-15-17-28(18-16-21,27(31)32)25-13-11-22(12-14-25)23-9-10-24(20-30)26(29)19-23/h9-14,19,21H,2-8,15-18H2,1H3,(H,31,32). The van der Waals surface area contributed by atoms with Crippen LogP contribution in [0.4, 0.5) is 4.39 Å². The van der Waals surface area contributed by atoms with Crippen molar-refractivity contribution in [2.45, 2.75) is 83.0 Å². The number of nitriles is 1. The Labute approximate surface area is 191 Å². The van der Waals surface area contributed by atoms with E-state index in [-0.39, 0.29) is 5.56 Å². The smallest absolute Gasteiger partial charge is 0.314 e. The third kappa shape index (κ3) is 5.57. The lowest BCUT2D eigenvalue weighted by atomic mass is 9.66. The lowest BCUT2D eigenvalue weighted by Gasteiger charge is -2.37. The lowest BCUT2D eigenvalue weighted by Crippen LogP contribution is -2.39. The Bertz CT molecular complexity index is 937. The van der Waals surface area contributed by atoms with Crippen LogP contribution in [0.1, 0.15) is 88.7 Å². The van der Waals surface area contributed by atoms with E-state index in [2.05, 4.69) is 6.92 Å². The molecule has 32 heavy (non-hydrogen) atoms. The molecule has 170 valence electrons. The van der Waals surface area contributed by atoms with E-state index >= 15 is 0 Å². The SMILES string of the molecule is CCCCCCCCC1CCC(C(=O)O)(c2ccc(-c3ccc(C#N)c(F)c3)cc2)CC1. The number of carboxylic acids is 1. The predicted octanol–water partition coefficient (Wildman–Crippen LogP) is 7.63. The van der Waals surface area contributed by atoms with Gasteiger partial charge < -0.3 is 5.11 Å². The number of hydrogen-bond acceptors (Lipinski definition) is 2. The minimum absolute atomic E-state index is 0.0212. The molecule has 0 heterocycles. The van der Waals surface area contributed by atoms with Gasteiger partial charge >= 0.3 is 5.97 Å². The Hall–Kier alpha value is -2.67. The maximum atomic E-state index is 14.0. The first-order valence-corrected chi connectivity index (χ1v) is 12.0. The largest absolute Gasteiger partial charge is 0.481 e. The highest BCUT2D eigenvalue weighted by atomic mass is 19.1. The zero-order valence-electron chi connectivity index (χ0n) is 19.1. The summed E-state index contributed by atoms with van der Waals surface area (Å²) in [5.74, 6) is -0.651. The highest BCUT2D eigenvalue weighted by molar-refractivity contribution is 5.82. The second-order valence-corrected chi connectivity index (χ2v) is 9.27. The lowest BCUT2D eigenvalue weighted by molar-refractivity contribution is -0.145. The quantitative estimate of drug-likeness (QED) is 0.390. The summed E-state index contributed by atoms with van der Waals surface area (Å²) in [4.78, 5) is 12.3. The summed E-state index contributed by atoms with van der Waals surface area (Å²) < 4.78 is 14.0. The van der Waals surface area contributed by atoms with Crippen molar-refractivity contribution in [1.29, 1.82) is 5.26 Å². The molecule has 0 saturated heterocycles. The Morgan fingerprint density at radius 1 is 1.03 bits per heavy atom. The third-order valence-corrected chi connectivity index (χ3v) is 7.19. The highest BCUT2D eigenvalue weighted by Gasteiger charge is 2.43. The van der Waals surface area contributed by atoms with E-state index in [1.807, 2.05) is 30.3 Å². The molecule has 2 aromatic carbocycles. The van der Waals surface area contributed by atoms with Gasteiger partial charge in [-0.2, -0.15) is 5.26 Å². The van der Waals surface area contributed by atoms with Crippen LogP contribution in [0.2, 0.25) is 0 Å². The highest BCUT2D eigenvalue weighted by Crippen LogP contribution is 2.43. The van der Waals surface area contributed by atoms with Gasteiger partial charge in [0.25, 0.3) is 0 Å². The van der Waals surface area contributed by atoms with Crippen LogP contribution in [0.5, 0.6) is 0 Å². The first kappa shape index (κ1) is 24.0. The number of unbranched alkanes of at least 4 members (excludes halogenated alkanes) is 5. The summed E-state index contributed by atoms with van der Waals surface area (Å²) in [6, 6.07) is 13.9. The van der Waals surface area contributed by atoms with E-state index < -0.39 is 17.2 Å². The molecular formula is C28H34FNO2. The van der Waals surface area contributed by atoms with E-state index in [0.717, 1.165) is 24.0 Å². The molecule has 4 heteroatoms. The van der Waals surface area contributed by atoms with Crippen LogP contribution in [-0.4, -0.2) is 11.1 Å². The van der Waals surface area contributed by atoms with Crippen LogP contribution in [0.15, 0.2) is 42.5 Å². The summed E-state index contributed by atoms with van der Waals surface area (Å²) in [5.41, 5.74) is 1.52. The number of halogens is 1. The van der Waals surface area contributed by atoms with Gasteiger partial charge in [-0.15, -0.1) is 0 Å². The molecule has 0 radical (unpaired) electrons. The molecule has 1 N–H and O–H groups in total. The minimum Gasteiger partial charge on any atom is -0.481 e. The van der Waals surface area contributed by atoms with Crippen LogP contribution in [0.3, 0.4) is 0 Å². The maximum Gasteiger partial charge on any atom is 0.314 e. The van der Waals surface area contributed by atoms with Crippen molar-refractivity contribution in [1.82, 2.24) is 0 Å². The third-order valence-electron chi connectivity index (χ3n) is 7.19. The van der Waals surface area contributed by atoms with Gasteiger partial charge in [0.2, 0.25) is 0 Å². The Kier molecular flexibility index (Phi) is 8.45. The van der Waals surface area contributed by atoms with Crippen molar-refractivity contribution in [3.05, 3.63) is 59.4 Å². The topological polar surface area (TPSA) is 61.1 Å². The average molecular weight is 436 g/mol. The van der Waals surface area contributed by atoms with Crippen molar-refractivity contribution in [3.63, 3.8) is 0 Å². The molecular weight excluding hydrogens is 401 g/mol. The van der Waals surface area contributed by atoms with Gasteiger partial charge in [0.15, 0.2) is 0 Å². The number of benzene rings is 2. The van der Waals surface area contributed by atoms with E-state index in [1.165, 1.54) is 57.1 Å². The van der Waals surface area contributed by atoms with E-state index in [9.17, 15) is 14.3 Å². The van der Waals surface area contributed by atoms with E-state index in [4.69, 9.17) is 5.26 Å². The zero-order chi connectivity index (χ0) is 23.0. The van der Waals surface area contributed by atoms with E-state index in [1.54, 1.807) is 6.07 Å². The Morgan fingerprint density at radius 3 is 2.25 bits per heavy atom. The molecule has 1 fully saturated rings. The van der Waals surface area contributed by atoms with Gasteiger partial charge in [-0.25, -0.2) is 4.39 Å². The molecule has 1 aliphatic rings. The average Bonchev–Trinajstić information content (AvgIpc) is 2.81. The van der Waals surface area contributed by atoms with Crippen LogP contribution in [-0.2, 0) is 10.2 Å². The van der Waals surface area contributed by atoms with E-state index in [0.29, 0.717) is 24.3 Å². The van der Waals surface area contributed by atoms with Gasteiger partial charge in [-0.3, -0.25) is 4.79 Å². The van der Waals surface area contributed by atoms with Crippen molar-refractivity contribution in [2.75, 3.05) is 0 Å². The summed E-state index contributed by atoms with van der Waals surface area (Å²) in [6.45, 7) is 2.23. The molecule has 3 rings (SSSR count). The normalized spacial score (nSPS) is 20.6. The predicted molar refractivity (Wildman–Crippen MR) is 126 cm³/mol. The van der Waals surface area contributed by atoms with Gasteiger partial charge in [0.1, 0.15) is 11.9 Å². The zero-order valence-corrected chi connectivity index (χ0v) is 19.1. The molecule has 1 aliphatic carbocycles. The molecule has 0 spiro atoms. The number of carbonyl (C=O) groups is 1. The number of nitrogens with zero attached hydrogens (tertiary/aromatic N) is 1. The molecule has 3 nitrogen and oxygen atoms in total.